The van der Waals surface area contributed by atoms with Crippen molar-refractivity contribution in [2.75, 3.05) is 40.3 Å². The van der Waals surface area contributed by atoms with Crippen LogP contribution in [0.15, 0.2) is 0 Å². The van der Waals surface area contributed by atoms with E-state index in [1.54, 1.807) is 0 Å². The average molecular weight is 227 g/mol. The lowest BCUT2D eigenvalue weighted by Gasteiger charge is -2.32. The second kappa shape index (κ2) is 6.58. The van der Waals surface area contributed by atoms with Crippen LogP contribution in [0, 0.1) is 5.92 Å². The number of nitrogens with zero attached hydrogens (tertiary/aromatic N) is 2. The molecule has 0 spiro atoms. The van der Waals surface area contributed by atoms with Crippen LogP contribution in [0.5, 0.6) is 0 Å². The van der Waals surface area contributed by atoms with Crippen LogP contribution in [0.2, 0.25) is 0 Å². The van der Waals surface area contributed by atoms with E-state index >= 15 is 0 Å². The van der Waals surface area contributed by atoms with Crippen LogP contribution in [0.3, 0.4) is 0 Å². The van der Waals surface area contributed by atoms with E-state index in [0.29, 0.717) is 12.1 Å². The van der Waals surface area contributed by atoms with Gasteiger partial charge in [-0.05, 0) is 53.4 Å². The first-order chi connectivity index (χ1) is 7.54. The molecule has 3 unspecified atom stereocenters. The number of likely N-dealkylation sites (N-methyl/N-ethyl adjacent to an activating group) is 2. The molecule has 1 fully saturated rings. The zero-order valence-corrected chi connectivity index (χ0v) is 11.7. The van der Waals surface area contributed by atoms with Gasteiger partial charge >= 0.3 is 0 Å². The third-order valence-electron chi connectivity index (χ3n) is 3.98. The van der Waals surface area contributed by atoms with Crippen LogP contribution in [0.4, 0.5) is 0 Å². The maximum Gasteiger partial charge on any atom is 0.0215 e. The summed E-state index contributed by atoms with van der Waals surface area (Å²) in [5, 5.41) is 3.51. The van der Waals surface area contributed by atoms with Crippen molar-refractivity contribution in [3.05, 3.63) is 0 Å². The minimum atomic E-state index is 0.578. The number of nitrogens with one attached hydrogen (secondary N) is 1. The zero-order valence-electron chi connectivity index (χ0n) is 11.7. The molecule has 0 aliphatic carbocycles. The summed E-state index contributed by atoms with van der Waals surface area (Å²) in [6.07, 6.45) is 1.36. The molecule has 0 aromatic rings. The normalized spacial score (nSPS) is 26.2. The van der Waals surface area contributed by atoms with Gasteiger partial charge in [0.15, 0.2) is 0 Å². The minimum absolute atomic E-state index is 0.578. The molecule has 16 heavy (non-hydrogen) atoms. The van der Waals surface area contributed by atoms with Crippen LogP contribution in [0.1, 0.15) is 27.2 Å². The Kier molecular flexibility index (Phi) is 5.73. The lowest BCUT2D eigenvalue weighted by molar-refractivity contribution is 0.186. The number of rotatable bonds is 6. The molecule has 1 aliphatic heterocycles. The zero-order chi connectivity index (χ0) is 12.1. The summed E-state index contributed by atoms with van der Waals surface area (Å²) in [5.74, 6) is 0.867. The molecule has 0 saturated carbocycles. The number of hydrogen-bond donors (Lipinski definition) is 1. The topological polar surface area (TPSA) is 18.5 Å². The molecule has 0 amide bonds. The van der Waals surface area contributed by atoms with Gasteiger partial charge < -0.3 is 15.1 Å². The Morgan fingerprint density at radius 3 is 2.62 bits per heavy atom. The van der Waals surface area contributed by atoms with Crippen LogP contribution < -0.4 is 5.32 Å². The fourth-order valence-corrected chi connectivity index (χ4v) is 2.62. The van der Waals surface area contributed by atoms with Gasteiger partial charge in [-0.2, -0.15) is 0 Å². The molecule has 1 aliphatic rings. The lowest BCUT2D eigenvalue weighted by atomic mass is 10.1. The molecule has 1 N–H and O–H groups in total. The minimum Gasteiger partial charge on any atom is -0.313 e. The monoisotopic (exact) mass is 227 g/mol. The summed E-state index contributed by atoms with van der Waals surface area (Å²) in [5.41, 5.74) is 0. The van der Waals surface area contributed by atoms with Crippen molar-refractivity contribution >= 4 is 0 Å². The van der Waals surface area contributed by atoms with E-state index in [9.17, 15) is 0 Å². The number of hydrogen-bond acceptors (Lipinski definition) is 3. The molecule has 96 valence electrons. The van der Waals surface area contributed by atoms with Crippen molar-refractivity contribution in [2.24, 2.45) is 5.92 Å². The van der Waals surface area contributed by atoms with Crippen molar-refractivity contribution in [1.29, 1.82) is 0 Å². The van der Waals surface area contributed by atoms with Gasteiger partial charge in [0.05, 0.1) is 0 Å². The second-order valence-electron chi connectivity index (χ2n) is 5.44. The third-order valence-corrected chi connectivity index (χ3v) is 3.98. The molecule has 1 rings (SSSR count). The van der Waals surface area contributed by atoms with Crippen LogP contribution in [0.25, 0.3) is 0 Å². The van der Waals surface area contributed by atoms with E-state index in [1.807, 2.05) is 0 Å². The first-order valence-corrected chi connectivity index (χ1v) is 6.66. The van der Waals surface area contributed by atoms with Crippen molar-refractivity contribution in [2.45, 2.75) is 39.3 Å². The third kappa shape index (κ3) is 4.04. The quantitative estimate of drug-likeness (QED) is 0.737. The van der Waals surface area contributed by atoms with E-state index < -0.39 is 0 Å². The second-order valence-corrected chi connectivity index (χ2v) is 5.44. The molecule has 1 saturated heterocycles. The summed E-state index contributed by atoms with van der Waals surface area (Å²) in [7, 11) is 4.49. The maximum atomic E-state index is 3.51. The molecule has 0 aromatic heterocycles. The smallest absolute Gasteiger partial charge is 0.0215 e. The fraction of sp³-hybridized carbons (Fsp3) is 1.00. The van der Waals surface area contributed by atoms with Gasteiger partial charge in [-0.15, -0.1) is 0 Å². The fourth-order valence-electron chi connectivity index (χ4n) is 2.62. The van der Waals surface area contributed by atoms with E-state index in [4.69, 9.17) is 0 Å². The first-order valence-electron chi connectivity index (χ1n) is 6.66. The molecule has 0 aromatic carbocycles. The summed E-state index contributed by atoms with van der Waals surface area (Å²) in [4.78, 5) is 4.95. The molecule has 0 bridgehead atoms. The van der Waals surface area contributed by atoms with Gasteiger partial charge in [0.1, 0.15) is 0 Å². The molecular weight excluding hydrogens is 198 g/mol. The van der Waals surface area contributed by atoms with E-state index in [2.05, 4.69) is 50.0 Å². The molecule has 0 radical (unpaired) electrons. The Morgan fingerprint density at radius 1 is 1.44 bits per heavy atom. The van der Waals surface area contributed by atoms with Gasteiger partial charge in [0, 0.05) is 25.2 Å². The van der Waals surface area contributed by atoms with Gasteiger partial charge in [-0.1, -0.05) is 6.92 Å². The SMILES string of the molecule is CCNC(C)C(C)N(C)CC1CCN(C)C1. The van der Waals surface area contributed by atoms with Gasteiger partial charge in [-0.25, -0.2) is 0 Å². The largest absolute Gasteiger partial charge is 0.313 e. The van der Waals surface area contributed by atoms with Crippen molar-refractivity contribution in [1.82, 2.24) is 15.1 Å². The van der Waals surface area contributed by atoms with Crippen molar-refractivity contribution in [3.63, 3.8) is 0 Å². The van der Waals surface area contributed by atoms with E-state index in [1.165, 1.54) is 26.1 Å². The summed E-state index contributed by atoms with van der Waals surface area (Å²) in [6, 6.07) is 1.19. The highest BCUT2D eigenvalue weighted by Crippen LogP contribution is 2.16. The van der Waals surface area contributed by atoms with Gasteiger partial charge in [0.25, 0.3) is 0 Å². The highest BCUT2D eigenvalue weighted by Gasteiger charge is 2.24. The Hall–Kier alpha value is -0.120. The highest BCUT2D eigenvalue weighted by atomic mass is 15.2. The first kappa shape index (κ1) is 13.9. The predicted molar refractivity (Wildman–Crippen MR) is 70.8 cm³/mol. The van der Waals surface area contributed by atoms with Crippen molar-refractivity contribution < 1.29 is 0 Å². The average Bonchev–Trinajstić information content (AvgIpc) is 2.63. The van der Waals surface area contributed by atoms with Crippen LogP contribution in [-0.2, 0) is 0 Å². The predicted octanol–water partition coefficient (Wildman–Crippen LogP) is 1.26. The molecule has 3 heteroatoms. The van der Waals surface area contributed by atoms with Crippen LogP contribution >= 0.6 is 0 Å². The molecule has 1 heterocycles. The Morgan fingerprint density at radius 2 is 2.12 bits per heavy atom. The molecule has 3 atom stereocenters. The Labute approximate surface area is 101 Å². The van der Waals surface area contributed by atoms with Crippen molar-refractivity contribution in [3.8, 4) is 0 Å². The van der Waals surface area contributed by atoms with Crippen LogP contribution in [-0.4, -0.2) is 62.2 Å². The molecular formula is C13H29N3. The molecule has 3 nitrogen and oxygen atoms in total. The van der Waals surface area contributed by atoms with Gasteiger partial charge in [-0.3, -0.25) is 0 Å². The lowest BCUT2D eigenvalue weighted by Crippen LogP contribution is -2.46. The van der Waals surface area contributed by atoms with E-state index in [0.717, 1.165) is 12.5 Å². The summed E-state index contributed by atoms with van der Waals surface area (Å²) in [6.45, 7) is 11.6. The van der Waals surface area contributed by atoms with E-state index in [-0.39, 0.29) is 0 Å². The standard InChI is InChI=1S/C13H29N3/c1-6-14-11(2)12(3)16(5)10-13-7-8-15(4)9-13/h11-14H,6-10H2,1-5H3. The van der Waals surface area contributed by atoms with Gasteiger partial charge in [0.2, 0.25) is 0 Å². The Bertz CT molecular complexity index is 196. The summed E-state index contributed by atoms with van der Waals surface area (Å²) >= 11 is 0. The highest BCUT2D eigenvalue weighted by molar-refractivity contribution is 4.80. The number of likely N-dealkylation sites (tertiary alicyclic amines) is 1. The maximum absolute atomic E-state index is 3.51. The Balaban J connectivity index is 2.30. The summed E-state index contributed by atoms with van der Waals surface area (Å²) < 4.78 is 0.